The summed E-state index contributed by atoms with van der Waals surface area (Å²) in [7, 11) is -1.65. The van der Waals surface area contributed by atoms with Gasteiger partial charge in [0.15, 0.2) is 0 Å². The van der Waals surface area contributed by atoms with Gasteiger partial charge >= 0.3 is 0 Å². The molecule has 3 aromatic carbocycles. The molecule has 0 bridgehead atoms. The monoisotopic (exact) mass is 428 g/mol. The van der Waals surface area contributed by atoms with Crippen LogP contribution in [0.1, 0.15) is 12.8 Å². The van der Waals surface area contributed by atoms with Crippen molar-refractivity contribution in [3.63, 3.8) is 0 Å². The summed E-state index contributed by atoms with van der Waals surface area (Å²) >= 11 is 5.08. The van der Waals surface area contributed by atoms with Gasteiger partial charge in [-0.15, -0.1) is 0 Å². The van der Waals surface area contributed by atoms with Crippen LogP contribution in [0.4, 0.5) is 0 Å². The highest BCUT2D eigenvalue weighted by Gasteiger charge is 2.44. The number of unbranched alkanes of at least 4 members (excludes halogenated alkanes) is 1. The standard InChI is InChI=1S/C22H22PS.BrH/c24-19-11-10-18-23(20-12-4-1-5-13-20,21-14-6-2-7-15-21)22-16-8-3-9-17-22;/h1-9,12-17,19H,10-11,18H2;1H/q+1;/p-1. The van der Waals surface area contributed by atoms with Crippen molar-refractivity contribution in [2.75, 3.05) is 6.16 Å². The molecule has 0 fully saturated rings. The van der Waals surface area contributed by atoms with Crippen LogP contribution in [0, 0.1) is 0 Å². The van der Waals surface area contributed by atoms with Crippen LogP contribution in [-0.2, 0) is 0 Å². The second-order valence-electron chi connectivity index (χ2n) is 5.85. The van der Waals surface area contributed by atoms with Crippen molar-refractivity contribution < 1.29 is 17.0 Å². The van der Waals surface area contributed by atoms with E-state index in [4.69, 9.17) is 12.2 Å². The van der Waals surface area contributed by atoms with Gasteiger partial charge in [-0.3, -0.25) is 0 Å². The molecule has 0 saturated carbocycles. The number of hydrogen-bond donors (Lipinski definition) is 0. The van der Waals surface area contributed by atoms with Gasteiger partial charge in [0, 0.05) is 0 Å². The maximum atomic E-state index is 5.08. The first-order valence-electron chi connectivity index (χ1n) is 8.36. The van der Waals surface area contributed by atoms with E-state index in [-0.39, 0.29) is 17.0 Å². The van der Waals surface area contributed by atoms with Crippen LogP contribution < -0.4 is 32.9 Å². The molecule has 0 aliphatic heterocycles. The smallest absolute Gasteiger partial charge is 0.112 e. The maximum absolute atomic E-state index is 5.08. The molecule has 0 aliphatic carbocycles. The molecule has 3 rings (SSSR count). The Balaban J connectivity index is 0.00000225. The van der Waals surface area contributed by atoms with Gasteiger partial charge < -0.3 is 17.0 Å². The van der Waals surface area contributed by atoms with Crippen molar-refractivity contribution in [1.29, 1.82) is 0 Å². The molecule has 0 spiro atoms. The largest absolute Gasteiger partial charge is 1.00 e. The van der Waals surface area contributed by atoms with Crippen molar-refractivity contribution in [3.8, 4) is 0 Å². The van der Waals surface area contributed by atoms with E-state index < -0.39 is 7.26 Å². The van der Waals surface area contributed by atoms with Crippen LogP contribution in [0.5, 0.6) is 0 Å². The predicted molar refractivity (Wildman–Crippen MR) is 113 cm³/mol. The topological polar surface area (TPSA) is 0 Å². The number of halogens is 1. The summed E-state index contributed by atoms with van der Waals surface area (Å²) in [4.78, 5) is 0. The third kappa shape index (κ3) is 4.44. The molecule has 0 aromatic heterocycles. The summed E-state index contributed by atoms with van der Waals surface area (Å²) in [5.74, 6) is 0. The fourth-order valence-corrected chi connectivity index (χ4v) is 7.83. The zero-order chi connectivity index (χ0) is 16.7. The Morgan fingerprint density at radius 1 is 0.640 bits per heavy atom. The van der Waals surface area contributed by atoms with Crippen LogP contribution >= 0.6 is 19.5 Å². The fourth-order valence-electron chi connectivity index (χ4n) is 3.29. The Bertz CT molecular complexity index is 663. The summed E-state index contributed by atoms with van der Waals surface area (Å²) < 4.78 is 0. The minimum Gasteiger partial charge on any atom is -1.00 e. The fraction of sp³-hybridized carbons (Fsp3) is 0.136. The van der Waals surface area contributed by atoms with Gasteiger partial charge in [0.1, 0.15) is 23.2 Å². The lowest BCUT2D eigenvalue weighted by Crippen LogP contribution is -3.00. The summed E-state index contributed by atoms with van der Waals surface area (Å²) in [5.41, 5.74) is 0. The van der Waals surface area contributed by atoms with Crippen LogP contribution in [0.25, 0.3) is 0 Å². The Hall–Kier alpha value is -1.34. The van der Waals surface area contributed by atoms with Crippen molar-refractivity contribution >= 4 is 40.8 Å². The number of benzene rings is 3. The molecule has 0 unspecified atom stereocenters. The Labute approximate surface area is 167 Å². The average molecular weight is 429 g/mol. The molecule has 25 heavy (non-hydrogen) atoms. The molecule has 3 aromatic rings. The van der Waals surface area contributed by atoms with Gasteiger partial charge in [-0.2, -0.15) is 0 Å². The lowest BCUT2D eigenvalue weighted by Gasteiger charge is -2.27. The third-order valence-corrected chi connectivity index (χ3v) is 9.17. The molecule has 0 amide bonds. The first kappa shape index (κ1) is 20.0. The van der Waals surface area contributed by atoms with Gasteiger partial charge in [0.25, 0.3) is 0 Å². The predicted octanol–water partition coefficient (Wildman–Crippen LogP) is 1.76. The molecule has 0 radical (unpaired) electrons. The zero-order valence-corrected chi connectivity index (χ0v) is 17.4. The van der Waals surface area contributed by atoms with Crippen LogP contribution in [0.3, 0.4) is 0 Å². The Morgan fingerprint density at radius 3 is 1.32 bits per heavy atom. The minimum atomic E-state index is -1.65. The van der Waals surface area contributed by atoms with E-state index in [2.05, 4.69) is 91.0 Å². The highest BCUT2D eigenvalue weighted by Crippen LogP contribution is 2.55. The Morgan fingerprint density at radius 2 is 1.00 bits per heavy atom. The summed E-state index contributed by atoms with van der Waals surface area (Å²) in [6, 6.07) is 33.1. The first-order chi connectivity index (χ1) is 11.9. The van der Waals surface area contributed by atoms with Crippen molar-refractivity contribution in [1.82, 2.24) is 0 Å². The number of thiocarbonyl (C=S) groups is 1. The quantitative estimate of drug-likeness (QED) is 0.314. The molecule has 0 nitrogen and oxygen atoms in total. The van der Waals surface area contributed by atoms with E-state index in [1.165, 1.54) is 15.9 Å². The highest BCUT2D eigenvalue weighted by molar-refractivity contribution is 7.95. The van der Waals surface area contributed by atoms with Crippen LogP contribution in [-0.4, -0.2) is 11.5 Å². The molecule has 0 heterocycles. The van der Waals surface area contributed by atoms with Gasteiger partial charge in [-0.25, -0.2) is 0 Å². The lowest BCUT2D eigenvalue weighted by atomic mass is 10.3. The van der Waals surface area contributed by atoms with Crippen molar-refractivity contribution in [2.24, 2.45) is 0 Å². The molecule has 128 valence electrons. The van der Waals surface area contributed by atoms with E-state index in [1.54, 1.807) is 0 Å². The molecule has 0 atom stereocenters. The second-order valence-corrected chi connectivity index (χ2v) is 9.80. The molecular formula is C22H22BrPS. The van der Waals surface area contributed by atoms with Gasteiger partial charge in [-0.05, 0) is 54.6 Å². The van der Waals surface area contributed by atoms with Crippen molar-refractivity contribution in [3.05, 3.63) is 91.0 Å². The molecule has 0 aliphatic rings. The van der Waals surface area contributed by atoms with E-state index in [1.807, 2.05) is 5.37 Å². The van der Waals surface area contributed by atoms with Crippen molar-refractivity contribution in [2.45, 2.75) is 12.8 Å². The normalized spacial score (nSPS) is 10.7. The van der Waals surface area contributed by atoms with Crippen LogP contribution in [0.15, 0.2) is 91.0 Å². The molecular weight excluding hydrogens is 407 g/mol. The summed E-state index contributed by atoms with van der Waals surface area (Å²) in [5, 5.41) is 6.22. The van der Waals surface area contributed by atoms with E-state index >= 15 is 0 Å². The maximum Gasteiger partial charge on any atom is 0.112 e. The summed E-state index contributed by atoms with van der Waals surface area (Å²) in [6.45, 7) is 0. The minimum absolute atomic E-state index is 0. The first-order valence-corrected chi connectivity index (χ1v) is 10.8. The average Bonchev–Trinajstić information content (AvgIpc) is 2.68. The zero-order valence-electron chi connectivity index (χ0n) is 14.1. The lowest BCUT2D eigenvalue weighted by molar-refractivity contribution is -0.00000453. The van der Waals surface area contributed by atoms with Gasteiger partial charge in [0.05, 0.1) is 6.16 Å². The van der Waals surface area contributed by atoms with E-state index in [0.29, 0.717) is 0 Å². The van der Waals surface area contributed by atoms with Crippen LogP contribution in [0.2, 0.25) is 0 Å². The summed E-state index contributed by atoms with van der Waals surface area (Å²) in [6.07, 6.45) is 3.26. The highest BCUT2D eigenvalue weighted by atomic mass is 79.9. The van der Waals surface area contributed by atoms with Gasteiger partial charge in [0.2, 0.25) is 0 Å². The van der Waals surface area contributed by atoms with E-state index in [9.17, 15) is 0 Å². The SMILES string of the molecule is S=CCCC[P+](c1ccccc1)(c1ccccc1)c1ccccc1.[Br-]. The molecule has 0 N–H and O–H groups in total. The second kappa shape index (κ2) is 9.97. The molecule has 0 saturated heterocycles. The number of rotatable bonds is 7. The Kier molecular flexibility index (Phi) is 7.96. The third-order valence-electron chi connectivity index (χ3n) is 4.41. The van der Waals surface area contributed by atoms with Gasteiger partial charge in [-0.1, -0.05) is 66.8 Å². The molecule has 3 heteroatoms. The van der Waals surface area contributed by atoms with E-state index in [0.717, 1.165) is 19.0 Å². The number of hydrogen-bond acceptors (Lipinski definition) is 1.